The highest BCUT2D eigenvalue weighted by atomic mass is 32.1. The average Bonchev–Trinajstić information content (AvgIpc) is 3.23. The molecule has 3 rings (SSSR count). The number of benzene rings is 1. The lowest BCUT2D eigenvalue weighted by atomic mass is 10.2. The Kier molecular flexibility index (Phi) is 4.77. The maximum atomic E-state index is 12.1. The molecular weight excluding hydrogens is 312 g/mol. The molecule has 7 heteroatoms. The van der Waals surface area contributed by atoms with E-state index in [2.05, 4.69) is 27.4 Å². The highest BCUT2D eigenvalue weighted by Gasteiger charge is 2.13. The van der Waals surface area contributed by atoms with Crippen LogP contribution in [0.5, 0.6) is 0 Å². The number of hydrogen-bond acceptors (Lipinski definition) is 6. The standard InChI is InChI=1S/C16H16N4O2S/c1-2-6-14-18-12(10-23-14)15(21)17-9-13-19-20-16(22-13)11-7-4-3-5-8-11/h3-5,7-8,10H,2,6,9H2,1H3,(H,17,21). The molecule has 1 aromatic carbocycles. The molecule has 118 valence electrons. The van der Waals surface area contributed by atoms with Crippen LogP contribution in [0.2, 0.25) is 0 Å². The topological polar surface area (TPSA) is 80.9 Å². The van der Waals surface area contributed by atoms with E-state index in [0.29, 0.717) is 17.5 Å². The zero-order valence-electron chi connectivity index (χ0n) is 12.7. The quantitative estimate of drug-likeness (QED) is 0.752. The first-order chi connectivity index (χ1) is 11.3. The average molecular weight is 328 g/mol. The third-order valence-electron chi connectivity index (χ3n) is 3.14. The van der Waals surface area contributed by atoms with Gasteiger partial charge in [0.1, 0.15) is 5.69 Å². The Morgan fingerprint density at radius 2 is 2.09 bits per heavy atom. The van der Waals surface area contributed by atoms with Crippen LogP contribution < -0.4 is 5.32 Å². The Morgan fingerprint density at radius 1 is 1.26 bits per heavy atom. The number of carbonyl (C=O) groups is 1. The second kappa shape index (κ2) is 7.15. The number of rotatable bonds is 6. The van der Waals surface area contributed by atoms with Crippen LogP contribution in [0.1, 0.15) is 34.7 Å². The summed E-state index contributed by atoms with van der Waals surface area (Å²) in [4.78, 5) is 16.4. The van der Waals surface area contributed by atoms with E-state index >= 15 is 0 Å². The number of nitrogens with zero attached hydrogens (tertiary/aromatic N) is 3. The monoisotopic (exact) mass is 328 g/mol. The van der Waals surface area contributed by atoms with Crippen LogP contribution in [0.25, 0.3) is 11.5 Å². The second-order valence-corrected chi connectivity index (χ2v) is 5.87. The molecule has 2 heterocycles. The normalized spacial score (nSPS) is 10.7. The van der Waals surface area contributed by atoms with Gasteiger partial charge in [-0.2, -0.15) is 0 Å². The van der Waals surface area contributed by atoms with Crippen LogP contribution in [0, 0.1) is 0 Å². The summed E-state index contributed by atoms with van der Waals surface area (Å²) in [5, 5.41) is 13.4. The van der Waals surface area contributed by atoms with Gasteiger partial charge in [-0.05, 0) is 25.0 Å². The third-order valence-corrected chi connectivity index (χ3v) is 4.04. The predicted molar refractivity (Wildman–Crippen MR) is 87.0 cm³/mol. The van der Waals surface area contributed by atoms with Crippen molar-refractivity contribution in [2.24, 2.45) is 0 Å². The van der Waals surface area contributed by atoms with Gasteiger partial charge in [0.25, 0.3) is 5.91 Å². The molecule has 0 bridgehead atoms. The number of aryl methyl sites for hydroxylation is 1. The highest BCUT2D eigenvalue weighted by molar-refractivity contribution is 7.09. The van der Waals surface area contributed by atoms with Crippen LogP contribution in [-0.2, 0) is 13.0 Å². The molecular formula is C16H16N4O2S. The van der Waals surface area contributed by atoms with Crippen molar-refractivity contribution in [3.63, 3.8) is 0 Å². The fourth-order valence-corrected chi connectivity index (χ4v) is 2.89. The summed E-state index contributed by atoms with van der Waals surface area (Å²) < 4.78 is 5.54. The second-order valence-electron chi connectivity index (χ2n) is 4.93. The minimum Gasteiger partial charge on any atom is -0.419 e. The summed E-state index contributed by atoms with van der Waals surface area (Å²) >= 11 is 1.50. The van der Waals surface area contributed by atoms with Crippen LogP contribution in [0.15, 0.2) is 40.1 Å². The molecule has 0 atom stereocenters. The van der Waals surface area contributed by atoms with Crippen LogP contribution in [0.4, 0.5) is 0 Å². The molecule has 6 nitrogen and oxygen atoms in total. The van der Waals surface area contributed by atoms with Gasteiger partial charge in [0.15, 0.2) is 0 Å². The molecule has 0 aliphatic carbocycles. The number of nitrogens with one attached hydrogen (secondary N) is 1. The molecule has 2 aromatic heterocycles. The van der Waals surface area contributed by atoms with Crippen molar-refractivity contribution in [2.75, 3.05) is 0 Å². The van der Waals surface area contributed by atoms with Crippen molar-refractivity contribution in [2.45, 2.75) is 26.3 Å². The van der Waals surface area contributed by atoms with Gasteiger partial charge in [-0.15, -0.1) is 21.5 Å². The van der Waals surface area contributed by atoms with Gasteiger partial charge in [0, 0.05) is 10.9 Å². The molecule has 1 N–H and O–H groups in total. The van der Waals surface area contributed by atoms with Crippen molar-refractivity contribution in [3.05, 3.63) is 52.3 Å². The van der Waals surface area contributed by atoms with Crippen LogP contribution in [-0.4, -0.2) is 21.1 Å². The van der Waals surface area contributed by atoms with E-state index in [9.17, 15) is 4.79 Å². The molecule has 0 saturated carbocycles. The fraction of sp³-hybridized carbons (Fsp3) is 0.250. The molecule has 1 amide bonds. The summed E-state index contributed by atoms with van der Waals surface area (Å²) in [6, 6.07) is 9.50. The molecule has 0 fully saturated rings. The van der Waals surface area contributed by atoms with Crippen LogP contribution >= 0.6 is 11.3 Å². The highest BCUT2D eigenvalue weighted by Crippen LogP contribution is 2.17. The number of hydrogen-bond donors (Lipinski definition) is 1. The zero-order valence-corrected chi connectivity index (χ0v) is 13.5. The van der Waals surface area contributed by atoms with Gasteiger partial charge in [-0.3, -0.25) is 4.79 Å². The lowest BCUT2D eigenvalue weighted by Gasteiger charge is -1.98. The lowest BCUT2D eigenvalue weighted by molar-refractivity contribution is 0.0943. The van der Waals surface area contributed by atoms with E-state index in [4.69, 9.17) is 4.42 Å². The molecule has 0 aliphatic heterocycles. The summed E-state index contributed by atoms with van der Waals surface area (Å²) in [5.74, 6) is 0.568. The Balaban J connectivity index is 1.60. The maximum Gasteiger partial charge on any atom is 0.271 e. The molecule has 23 heavy (non-hydrogen) atoms. The van der Waals surface area contributed by atoms with E-state index in [1.54, 1.807) is 5.38 Å². The van der Waals surface area contributed by atoms with Crippen molar-refractivity contribution in [3.8, 4) is 11.5 Å². The first kappa shape index (κ1) is 15.4. The van der Waals surface area contributed by atoms with Gasteiger partial charge in [0.05, 0.1) is 11.6 Å². The first-order valence-electron chi connectivity index (χ1n) is 7.36. The number of aromatic nitrogens is 3. The van der Waals surface area contributed by atoms with E-state index < -0.39 is 0 Å². The number of thiazole rings is 1. The van der Waals surface area contributed by atoms with Crippen molar-refractivity contribution in [1.82, 2.24) is 20.5 Å². The Morgan fingerprint density at radius 3 is 2.87 bits per heavy atom. The zero-order chi connectivity index (χ0) is 16.1. The molecule has 0 unspecified atom stereocenters. The van der Waals surface area contributed by atoms with Crippen LogP contribution in [0.3, 0.4) is 0 Å². The number of amides is 1. The maximum absolute atomic E-state index is 12.1. The van der Waals surface area contributed by atoms with Gasteiger partial charge < -0.3 is 9.73 Å². The van der Waals surface area contributed by atoms with Gasteiger partial charge in [-0.25, -0.2) is 4.98 Å². The minimum atomic E-state index is -0.233. The smallest absolute Gasteiger partial charge is 0.271 e. The lowest BCUT2D eigenvalue weighted by Crippen LogP contribution is -2.23. The SMILES string of the molecule is CCCc1nc(C(=O)NCc2nnc(-c3ccccc3)o2)cs1. The fourth-order valence-electron chi connectivity index (χ4n) is 2.01. The summed E-state index contributed by atoms with van der Waals surface area (Å²) in [6.45, 7) is 2.26. The summed E-state index contributed by atoms with van der Waals surface area (Å²) in [5.41, 5.74) is 1.28. The van der Waals surface area contributed by atoms with Gasteiger partial charge >= 0.3 is 0 Å². The third kappa shape index (κ3) is 3.81. The van der Waals surface area contributed by atoms with E-state index in [1.165, 1.54) is 11.3 Å². The Hall–Kier alpha value is -2.54. The molecule has 3 aromatic rings. The Bertz CT molecular complexity index is 782. The van der Waals surface area contributed by atoms with Crippen molar-refractivity contribution < 1.29 is 9.21 Å². The van der Waals surface area contributed by atoms with Crippen molar-refractivity contribution >= 4 is 17.2 Å². The molecule has 0 spiro atoms. The van der Waals surface area contributed by atoms with E-state index in [1.807, 2.05) is 30.3 Å². The van der Waals surface area contributed by atoms with Gasteiger partial charge in [0.2, 0.25) is 11.8 Å². The van der Waals surface area contributed by atoms with Crippen molar-refractivity contribution in [1.29, 1.82) is 0 Å². The summed E-state index contributed by atoms with van der Waals surface area (Å²) in [6.07, 6.45) is 1.90. The summed E-state index contributed by atoms with van der Waals surface area (Å²) in [7, 11) is 0. The van der Waals surface area contributed by atoms with Gasteiger partial charge in [-0.1, -0.05) is 25.1 Å². The molecule has 0 saturated heterocycles. The minimum absolute atomic E-state index is 0.180. The Labute approximate surface area is 137 Å². The first-order valence-corrected chi connectivity index (χ1v) is 8.24. The molecule has 0 radical (unpaired) electrons. The van der Waals surface area contributed by atoms with E-state index in [-0.39, 0.29) is 12.5 Å². The number of carbonyl (C=O) groups excluding carboxylic acids is 1. The van der Waals surface area contributed by atoms with E-state index in [0.717, 1.165) is 23.4 Å². The predicted octanol–water partition coefficient (Wildman–Crippen LogP) is 3.08. The molecule has 0 aliphatic rings. The largest absolute Gasteiger partial charge is 0.419 e.